The number of nitrogens with one attached hydrogen (secondary N) is 2. The average molecular weight is 593 g/mol. The first-order valence-corrected chi connectivity index (χ1v) is 14.3. The van der Waals surface area contributed by atoms with Crippen LogP contribution in [-0.4, -0.2) is 39.1 Å². The van der Waals surface area contributed by atoms with Gasteiger partial charge in [0.05, 0.1) is 22.4 Å². The Hall–Kier alpha value is -3.99. The Morgan fingerprint density at radius 2 is 1.95 bits per heavy atom. The van der Waals surface area contributed by atoms with Gasteiger partial charge in [-0.3, -0.25) is 4.57 Å². The van der Waals surface area contributed by atoms with Crippen molar-refractivity contribution in [3.05, 3.63) is 93.8 Å². The number of H-pyrrole nitrogens is 1. The predicted molar refractivity (Wildman–Crippen MR) is 170 cm³/mol. The second-order valence-corrected chi connectivity index (χ2v) is 11.0. The number of aromatic nitrogens is 3. The molecule has 42 heavy (non-hydrogen) atoms. The van der Waals surface area contributed by atoms with Gasteiger partial charge in [0, 0.05) is 29.2 Å². The van der Waals surface area contributed by atoms with Gasteiger partial charge >= 0.3 is 5.69 Å². The van der Waals surface area contributed by atoms with E-state index in [0.29, 0.717) is 40.9 Å². The van der Waals surface area contributed by atoms with Gasteiger partial charge in [-0.25, -0.2) is 14.2 Å². The summed E-state index contributed by atoms with van der Waals surface area (Å²) in [5.41, 5.74) is 20.2. The first kappa shape index (κ1) is 31.0. The summed E-state index contributed by atoms with van der Waals surface area (Å²) in [6, 6.07) is 12.9. The molecular weight excluding hydrogens is 555 g/mol. The number of aryl methyl sites for hydroxylation is 1. The van der Waals surface area contributed by atoms with Crippen molar-refractivity contribution in [2.24, 2.45) is 22.2 Å². The van der Waals surface area contributed by atoms with E-state index in [1.165, 1.54) is 4.57 Å². The van der Waals surface area contributed by atoms with Gasteiger partial charge in [0.25, 0.3) is 0 Å². The van der Waals surface area contributed by atoms with Crippen molar-refractivity contribution < 1.29 is 4.39 Å². The first-order valence-electron chi connectivity index (χ1n) is 14.0. The lowest BCUT2D eigenvalue weighted by molar-refractivity contribution is 0.543. The molecule has 3 atom stereocenters. The van der Waals surface area contributed by atoms with Crippen LogP contribution in [0.3, 0.4) is 0 Å². The van der Waals surface area contributed by atoms with Crippen molar-refractivity contribution in [1.82, 2.24) is 19.9 Å². The van der Waals surface area contributed by atoms with E-state index in [1.54, 1.807) is 30.5 Å². The minimum Gasteiger partial charge on any atom is -0.370 e. The van der Waals surface area contributed by atoms with Crippen LogP contribution >= 0.6 is 11.6 Å². The fourth-order valence-corrected chi connectivity index (χ4v) is 5.10. The third kappa shape index (κ3) is 7.64. The first-order chi connectivity index (χ1) is 20.0. The number of hydrogen-bond donors (Lipinski definition) is 5. The summed E-state index contributed by atoms with van der Waals surface area (Å²) in [4.78, 5) is 24.4. The van der Waals surface area contributed by atoms with Crippen molar-refractivity contribution in [2.45, 2.75) is 57.7 Å². The molecular formula is C31H38ClFN8O. The number of fused-ring (bicyclic) bond motifs is 1. The van der Waals surface area contributed by atoms with Gasteiger partial charge < -0.3 is 27.5 Å². The van der Waals surface area contributed by atoms with Crippen LogP contribution in [0.5, 0.6) is 0 Å². The zero-order valence-electron chi connectivity index (χ0n) is 23.9. The minimum atomic E-state index is -0.524. The maximum absolute atomic E-state index is 15.1. The van der Waals surface area contributed by atoms with Crippen molar-refractivity contribution >= 4 is 28.6 Å². The van der Waals surface area contributed by atoms with E-state index in [-0.39, 0.29) is 29.1 Å². The second-order valence-electron chi connectivity index (χ2n) is 10.6. The fourth-order valence-electron chi connectivity index (χ4n) is 4.85. The summed E-state index contributed by atoms with van der Waals surface area (Å²) < 4.78 is 16.5. The van der Waals surface area contributed by atoms with Crippen LogP contribution in [-0.2, 0) is 6.42 Å². The normalized spacial score (nSPS) is 13.5. The summed E-state index contributed by atoms with van der Waals surface area (Å²) in [7, 11) is 0. The lowest BCUT2D eigenvalue weighted by Crippen LogP contribution is -2.27. The third-order valence-corrected chi connectivity index (χ3v) is 7.44. The Morgan fingerprint density at radius 3 is 2.62 bits per heavy atom. The molecule has 4 rings (SSSR count). The molecule has 222 valence electrons. The largest absolute Gasteiger partial charge is 0.370 e. The highest BCUT2D eigenvalue weighted by Crippen LogP contribution is 2.31. The Bertz CT molecular complexity index is 1620. The summed E-state index contributed by atoms with van der Waals surface area (Å²) in [6.45, 7) is 8.47. The van der Waals surface area contributed by atoms with Crippen molar-refractivity contribution in [1.29, 1.82) is 0 Å². The van der Waals surface area contributed by atoms with E-state index in [4.69, 9.17) is 28.8 Å². The standard InChI is InChI=1S/C31H38ClFN8O/c1-4-23(38-30(35)36)12-13-37-19(3)21-8-10-24(11-9-21)41-17-22-16-27(39-29(22)40-31(41)42)25-14-20(7-5-6-18(2)34)15-26(32)28(25)33/h4,8-11,14-19,23,37H,1,5-7,12-13,34H2,2-3H3,(H4,35,36,38)(H,39,40,42)/t18-,19-,23+/m0/s1. The van der Waals surface area contributed by atoms with Crippen LogP contribution in [0.4, 0.5) is 4.39 Å². The lowest BCUT2D eigenvalue weighted by Gasteiger charge is -2.16. The molecule has 0 aliphatic rings. The van der Waals surface area contributed by atoms with Crippen LogP contribution in [0.15, 0.2) is 71.1 Å². The maximum Gasteiger partial charge on any atom is 0.354 e. The highest BCUT2D eigenvalue weighted by Gasteiger charge is 2.16. The molecule has 0 saturated carbocycles. The Morgan fingerprint density at radius 1 is 1.21 bits per heavy atom. The molecule has 9 nitrogen and oxygen atoms in total. The molecule has 0 unspecified atom stereocenters. The molecule has 8 N–H and O–H groups in total. The molecule has 0 saturated heterocycles. The number of nitrogens with two attached hydrogens (primary N) is 3. The molecule has 0 bridgehead atoms. The molecule has 2 aromatic carbocycles. The number of aliphatic imine (C=N–C) groups is 1. The fraction of sp³-hybridized carbons (Fsp3) is 0.323. The number of rotatable bonds is 13. The van der Waals surface area contributed by atoms with Crippen LogP contribution in [0.25, 0.3) is 28.0 Å². The quantitative estimate of drug-likeness (QED) is 0.0860. The summed E-state index contributed by atoms with van der Waals surface area (Å²) in [6.07, 6.45) is 6.58. The average Bonchev–Trinajstić information content (AvgIpc) is 3.36. The molecule has 0 radical (unpaired) electrons. The molecule has 2 aromatic heterocycles. The predicted octanol–water partition coefficient (Wildman–Crippen LogP) is 4.71. The Balaban J connectivity index is 1.52. The number of halogens is 2. The van der Waals surface area contributed by atoms with Gasteiger partial charge in [-0.05, 0) is 87.5 Å². The van der Waals surface area contributed by atoms with Gasteiger partial charge in [-0.2, -0.15) is 4.98 Å². The SMILES string of the molecule is C=C[C@H](CCN[C@@H](C)c1ccc(-n2cc3cc(-c4cc(CCC[C@H](C)N)cc(Cl)c4F)[nH]c3nc2=O)cc1)N=C(N)N. The molecule has 4 aromatic rings. The van der Waals surface area contributed by atoms with E-state index < -0.39 is 11.5 Å². The molecule has 11 heteroatoms. The van der Waals surface area contributed by atoms with Gasteiger partial charge in [0.1, 0.15) is 5.65 Å². The smallest absolute Gasteiger partial charge is 0.354 e. The Labute approximate surface area is 249 Å². The Kier molecular flexibility index (Phi) is 10.2. The number of aromatic amines is 1. The van der Waals surface area contributed by atoms with Gasteiger partial charge in [0.15, 0.2) is 11.8 Å². The molecule has 0 fully saturated rings. The van der Waals surface area contributed by atoms with Gasteiger partial charge in [-0.15, -0.1) is 6.58 Å². The van der Waals surface area contributed by atoms with Crippen LogP contribution in [0.1, 0.15) is 50.3 Å². The number of hydrogen-bond acceptors (Lipinski definition) is 5. The van der Waals surface area contributed by atoms with E-state index in [1.807, 2.05) is 31.2 Å². The number of nitrogens with zero attached hydrogens (tertiary/aromatic N) is 3. The molecule has 0 aliphatic heterocycles. The summed E-state index contributed by atoms with van der Waals surface area (Å²) >= 11 is 6.24. The minimum absolute atomic E-state index is 0.0388. The van der Waals surface area contributed by atoms with E-state index in [0.717, 1.165) is 30.4 Å². The van der Waals surface area contributed by atoms with E-state index in [9.17, 15) is 4.79 Å². The maximum atomic E-state index is 15.1. The van der Waals surface area contributed by atoms with Crippen LogP contribution in [0, 0.1) is 5.82 Å². The summed E-state index contributed by atoms with van der Waals surface area (Å²) in [5.74, 6) is -0.485. The molecule has 2 heterocycles. The monoisotopic (exact) mass is 592 g/mol. The third-order valence-electron chi connectivity index (χ3n) is 7.16. The number of guanidine groups is 1. The zero-order valence-corrected chi connectivity index (χ0v) is 24.7. The highest BCUT2D eigenvalue weighted by atomic mass is 35.5. The molecule has 0 spiro atoms. The van der Waals surface area contributed by atoms with Crippen LogP contribution < -0.4 is 28.2 Å². The van der Waals surface area contributed by atoms with Crippen molar-refractivity contribution in [3.8, 4) is 16.9 Å². The highest BCUT2D eigenvalue weighted by molar-refractivity contribution is 6.31. The van der Waals surface area contributed by atoms with Gasteiger partial charge in [0.2, 0.25) is 0 Å². The number of benzene rings is 2. The van der Waals surface area contributed by atoms with Crippen LogP contribution in [0.2, 0.25) is 5.02 Å². The topological polar surface area (TPSA) is 153 Å². The lowest BCUT2D eigenvalue weighted by atomic mass is 10.0. The molecule has 0 aliphatic carbocycles. The summed E-state index contributed by atoms with van der Waals surface area (Å²) in [5, 5.41) is 4.16. The van der Waals surface area contributed by atoms with Crippen molar-refractivity contribution in [3.63, 3.8) is 0 Å². The van der Waals surface area contributed by atoms with Gasteiger partial charge in [-0.1, -0.05) is 29.8 Å². The zero-order chi connectivity index (χ0) is 30.4. The molecule has 0 amide bonds. The van der Waals surface area contributed by atoms with E-state index in [2.05, 4.69) is 33.8 Å². The second kappa shape index (κ2) is 13.8. The van der Waals surface area contributed by atoms with Crippen molar-refractivity contribution in [2.75, 3.05) is 6.54 Å². The van der Waals surface area contributed by atoms with E-state index >= 15 is 4.39 Å².